The lowest BCUT2D eigenvalue weighted by Crippen LogP contribution is -2.42. The van der Waals surface area contributed by atoms with Crippen molar-refractivity contribution in [1.82, 2.24) is 4.90 Å². The number of nitrogens with zero attached hydrogens (tertiary/aromatic N) is 1. The van der Waals surface area contributed by atoms with Crippen LogP contribution in [0.1, 0.15) is 59.2 Å². The summed E-state index contributed by atoms with van der Waals surface area (Å²) in [5, 5.41) is 9.02. The lowest BCUT2D eigenvalue weighted by Gasteiger charge is -2.39. The number of carbonyl (C=O) groups excluding carboxylic acids is 1. The molecule has 21 heavy (non-hydrogen) atoms. The SMILES string of the molecule is O=C(O)c1cccc(C(=O)N2CCC3(CCCC3)CC2)c1. The molecule has 0 atom stereocenters. The smallest absolute Gasteiger partial charge is 0.335 e. The van der Waals surface area contributed by atoms with Gasteiger partial charge in [-0.2, -0.15) is 0 Å². The summed E-state index contributed by atoms with van der Waals surface area (Å²) in [7, 11) is 0. The van der Waals surface area contributed by atoms with Crippen molar-refractivity contribution in [3.05, 3.63) is 35.4 Å². The minimum Gasteiger partial charge on any atom is -0.478 e. The van der Waals surface area contributed by atoms with Gasteiger partial charge in [-0.05, 0) is 49.3 Å². The Hall–Kier alpha value is -1.84. The second kappa shape index (κ2) is 5.51. The zero-order valence-electron chi connectivity index (χ0n) is 12.2. The molecule has 1 N–H and O–H groups in total. The third kappa shape index (κ3) is 2.80. The van der Waals surface area contributed by atoms with Crippen LogP contribution < -0.4 is 0 Å². The first-order valence-corrected chi connectivity index (χ1v) is 7.72. The summed E-state index contributed by atoms with van der Waals surface area (Å²) in [5.74, 6) is -1.03. The van der Waals surface area contributed by atoms with Crippen LogP contribution in [0.5, 0.6) is 0 Å². The number of rotatable bonds is 2. The first-order valence-electron chi connectivity index (χ1n) is 7.72. The number of hydrogen-bond acceptors (Lipinski definition) is 2. The van der Waals surface area contributed by atoms with Crippen LogP contribution >= 0.6 is 0 Å². The number of carboxylic acids is 1. The topological polar surface area (TPSA) is 57.6 Å². The molecule has 1 aromatic carbocycles. The highest BCUT2D eigenvalue weighted by molar-refractivity contribution is 5.97. The van der Waals surface area contributed by atoms with Crippen LogP contribution in [0.15, 0.2) is 24.3 Å². The van der Waals surface area contributed by atoms with Crippen molar-refractivity contribution in [2.45, 2.75) is 38.5 Å². The standard InChI is InChI=1S/C17H21NO3/c19-15(13-4-3-5-14(12-13)16(20)21)18-10-8-17(9-11-18)6-1-2-7-17/h3-5,12H,1-2,6-11H2,(H,20,21). The molecular formula is C17H21NO3. The maximum absolute atomic E-state index is 12.5. The maximum atomic E-state index is 12.5. The molecular weight excluding hydrogens is 266 g/mol. The number of amides is 1. The average Bonchev–Trinajstić information content (AvgIpc) is 2.96. The van der Waals surface area contributed by atoms with Crippen molar-refractivity contribution in [3.8, 4) is 0 Å². The molecule has 0 unspecified atom stereocenters. The van der Waals surface area contributed by atoms with Crippen LogP contribution in [-0.2, 0) is 0 Å². The van der Waals surface area contributed by atoms with Crippen molar-refractivity contribution in [2.24, 2.45) is 5.41 Å². The molecule has 3 rings (SSSR count). The Morgan fingerprint density at radius 3 is 2.24 bits per heavy atom. The molecule has 0 aromatic heterocycles. The van der Waals surface area contributed by atoms with Gasteiger partial charge in [0.2, 0.25) is 0 Å². The number of aromatic carboxylic acids is 1. The minimum atomic E-state index is -0.992. The lowest BCUT2D eigenvalue weighted by atomic mass is 9.77. The van der Waals surface area contributed by atoms with Gasteiger partial charge in [0.25, 0.3) is 5.91 Å². The van der Waals surface area contributed by atoms with Crippen LogP contribution in [0.4, 0.5) is 0 Å². The highest BCUT2D eigenvalue weighted by Crippen LogP contribution is 2.46. The highest BCUT2D eigenvalue weighted by Gasteiger charge is 2.38. The minimum absolute atomic E-state index is 0.0362. The Morgan fingerprint density at radius 2 is 1.62 bits per heavy atom. The van der Waals surface area contributed by atoms with Gasteiger partial charge in [-0.15, -0.1) is 0 Å². The van der Waals surface area contributed by atoms with Crippen molar-refractivity contribution >= 4 is 11.9 Å². The molecule has 1 heterocycles. The van der Waals surface area contributed by atoms with Gasteiger partial charge < -0.3 is 10.0 Å². The van der Waals surface area contributed by atoms with Crippen molar-refractivity contribution in [1.29, 1.82) is 0 Å². The number of benzene rings is 1. The fourth-order valence-corrected chi connectivity index (χ4v) is 3.78. The molecule has 1 aliphatic heterocycles. The van der Waals surface area contributed by atoms with E-state index in [0.717, 1.165) is 25.9 Å². The fraction of sp³-hybridized carbons (Fsp3) is 0.529. The van der Waals surface area contributed by atoms with Gasteiger partial charge in [0.1, 0.15) is 0 Å². The number of carboxylic acid groups (broad SMARTS) is 1. The Balaban J connectivity index is 1.69. The maximum Gasteiger partial charge on any atom is 0.335 e. The Morgan fingerprint density at radius 1 is 1.00 bits per heavy atom. The second-order valence-electron chi connectivity index (χ2n) is 6.39. The normalized spacial score (nSPS) is 20.7. The molecule has 1 saturated carbocycles. The summed E-state index contributed by atoms with van der Waals surface area (Å²) in [4.78, 5) is 25.4. The molecule has 1 aliphatic carbocycles. The van der Waals surface area contributed by atoms with Crippen LogP contribution in [-0.4, -0.2) is 35.0 Å². The number of likely N-dealkylation sites (tertiary alicyclic amines) is 1. The summed E-state index contributed by atoms with van der Waals surface area (Å²) >= 11 is 0. The van der Waals surface area contributed by atoms with Gasteiger partial charge in [0, 0.05) is 18.7 Å². The summed E-state index contributed by atoms with van der Waals surface area (Å²) in [6.45, 7) is 1.60. The van der Waals surface area contributed by atoms with E-state index >= 15 is 0 Å². The van der Waals surface area contributed by atoms with Gasteiger partial charge in [-0.25, -0.2) is 4.79 Å². The largest absolute Gasteiger partial charge is 0.478 e. The van der Waals surface area contributed by atoms with Crippen LogP contribution in [0.3, 0.4) is 0 Å². The molecule has 0 radical (unpaired) electrons. The summed E-state index contributed by atoms with van der Waals surface area (Å²) in [6, 6.07) is 6.33. The van der Waals surface area contributed by atoms with Crippen molar-refractivity contribution < 1.29 is 14.7 Å². The molecule has 1 amide bonds. The Bertz CT molecular complexity index is 551. The summed E-state index contributed by atoms with van der Waals surface area (Å²) in [6.07, 6.45) is 7.46. The molecule has 2 fully saturated rings. The molecule has 1 saturated heterocycles. The molecule has 112 valence electrons. The van der Waals surface area contributed by atoms with Crippen molar-refractivity contribution in [3.63, 3.8) is 0 Å². The van der Waals surface area contributed by atoms with Crippen LogP contribution in [0, 0.1) is 5.41 Å². The van der Waals surface area contributed by atoms with Gasteiger partial charge in [-0.1, -0.05) is 18.9 Å². The zero-order chi connectivity index (χ0) is 14.9. The molecule has 0 bridgehead atoms. The van der Waals surface area contributed by atoms with Gasteiger partial charge in [0.05, 0.1) is 5.56 Å². The predicted molar refractivity (Wildman–Crippen MR) is 79.4 cm³/mol. The number of hydrogen-bond donors (Lipinski definition) is 1. The first-order chi connectivity index (χ1) is 10.1. The van der Waals surface area contributed by atoms with E-state index in [9.17, 15) is 9.59 Å². The Labute approximate surface area is 124 Å². The quantitative estimate of drug-likeness (QED) is 0.909. The summed E-state index contributed by atoms with van der Waals surface area (Å²) in [5.41, 5.74) is 1.14. The molecule has 1 spiro atoms. The first kappa shape index (κ1) is 14.1. The van der Waals surface area contributed by atoms with E-state index in [1.807, 2.05) is 4.90 Å². The lowest BCUT2D eigenvalue weighted by molar-refractivity contribution is 0.0587. The van der Waals surface area contributed by atoms with E-state index in [0.29, 0.717) is 11.0 Å². The molecule has 1 aromatic rings. The van der Waals surface area contributed by atoms with E-state index in [1.54, 1.807) is 12.1 Å². The van der Waals surface area contributed by atoms with Crippen LogP contribution in [0.25, 0.3) is 0 Å². The number of carbonyl (C=O) groups is 2. The third-order valence-corrected chi connectivity index (χ3v) is 5.13. The Kier molecular flexibility index (Phi) is 3.70. The van der Waals surface area contributed by atoms with Gasteiger partial charge in [-0.3, -0.25) is 4.79 Å². The van der Waals surface area contributed by atoms with Gasteiger partial charge >= 0.3 is 5.97 Å². The van der Waals surface area contributed by atoms with E-state index < -0.39 is 5.97 Å². The van der Waals surface area contributed by atoms with Gasteiger partial charge in [0.15, 0.2) is 0 Å². The summed E-state index contributed by atoms with van der Waals surface area (Å²) < 4.78 is 0. The predicted octanol–water partition coefficient (Wildman–Crippen LogP) is 3.18. The molecule has 2 aliphatic rings. The second-order valence-corrected chi connectivity index (χ2v) is 6.39. The number of piperidine rings is 1. The van der Waals surface area contributed by atoms with E-state index in [-0.39, 0.29) is 11.5 Å². The average molecular weight is 287 g/mol. The molecule has 4 nitrogen and oxygen atoms in total. The fourth-order valence-electron chi connectivity index (χ4n) is 3.78. The van der Waals surface area contributed by atoms with E-state index in [4.69, 9.17) is 5.11 Å². The van der Waals surface area contributed by atoms with Crippen molar-refractivity contribution in [2.75, 3.05) is 13.1 Å². The molecule has 4 heteroatoms. The monoisotopic (exact) mass is 287 g/mol. The van der Waals surface area contributed by atoms with Crippen LogP contribution in [0.2, 0.25) is 0 Å². The zero-order valence-corrected chi connectivity index (χ0v) is 12.2. The highest BCUT2D eigenvalue weighted by atomic mass is 16.4. The van der Waals surface area contributed by atoms with E-state index in [2.05, 4.69) is 0 Å². The van der Waals surface area contributed by atoms with E-state index in [1.165, 1.54) is 37.8 Å². The third-order valence-electron chi connectivity index (χ3n) is 5.13.